The fourth-order valence-corrected chi connectivity index (χ4v) is 3.09. The van der Waals surface area contributed by atoms with Crippen molar-refractivity contribution in [2.24, 2.45) is 5.14 Å². The topological polar surface area (TPSA) is 144 Å². The zero-order valence-electron chi connectivity index (χ0n) is 13.3. The van der Waals surface area contributed by atoms with Crippen molar-refractivity contribution in [3.05, 3.63) is 40.7 Å². The Kier molecular flexibility index (Phi) is 5.82. The lowest BCUT2D eigenvalue weighted by Crippen LogP contribution is -2.23. The molecule has 0 aliphatic carbocycles. The number of anilines is 1. The number of nitrogens with zero attached hydrogens (tertiary/aromatic N) is 1. The van der Waals surface area contributed by atoms with Crippen LogP contribution < -0.4 is 20.8 Å². The first kappa shape index (κ1) is 19.0. The Hall–Kier alpha value is -2.37. The number of aromatic nitrogens is 2. The van der Waals surface area contributed by atoms with E-state index in [4.69, 9.17) is 9.88 Å². The number of H-pyrrole nitrogens is 1. The third kappa shape index (κ3) is 5.31. The molecule has 134 valence electrons. The highest BCUT2D eigenvalue weighted by Crippen LogP contribution is 2.21. The number of carbonyl (C=O) groups is 1. The number of nitrogens with one attached hydrogen (secondary N) is 2. The Morgan fingerprint density at radius 2 is 2.00 bits per heavy atom. The number of aromatic amines is 1. The van der Waals surface area contributed by atoms with Gasteiger partial charge >= 0.3 is 0 Å². The Morgan fingerprint density at radius 1 is 1.36 bits per heavy atom. The fourth-order valence-electron chi connectivity index (χ4n) is 1.77. The van der Waals surface area contributed by atoms with Crippen LogP contribution in [0.4, 0.5) is 5.69 Å². The summed E-state index contributed by atoms with van der Waals surface area (Å²) in [6.07, 6.45) is 0. The molecule has 9 nitrogen and oxygen atoms in total. The average Bonchev–Trinajstić information content (AvgIpc) is 2.53. The monoisotopic (exact) mass is 384 g/mol. The van der Waals surface area contributed by atoms with Crippen LogP contribution in [0.5, 0.6) is 5.88 Å². The van der Waals surface area contributed by atoms with Gasteiger partial charge in [0.2, 0.25) is 21.8 Å². The van der Waals surface area contributed by atoms with Crippen molar-refractivity contribution in [3.8, 4) is 5.88 Å². The van der Waals surface area contributed by atoms with E-state index in [0.29, 0.717) is 5.69 Å². The summed E-state index contributed by atoms with van der Waals surface area (Å²) in [7, 11) is -2.40. The van der Waals surface area contributed by atoms with Crippen LogP contribution in [0.1, 0.15) is 6.92 Å². The molecule has 1 aromatic carbocycles. The molecule has 4 N–H and O–H groups in total. The maximum atomic E-state index is 12.2. The van der Waals surface area contributed by atoms with Crippen molar-refractivity contribution < 1.29 is 17.9 Å². The molecule has 1 atom stereocenters. The molecule has 1 heterocycles. The molecule has 0 bridgehead atoms. The summed E-state index contributed by atoms with van der Waals surface area (Å²) in [5, 5.41) is 7.32. The summed E-state index contributed by atoms with van der Waals surface area (Å²) in [5.74, 6) is -0.198. The zero-order chi connectivity index (χ0) is 18.6. The number of carbonyl (C=O) groups excluding carboxylic acids is 1. The van der Waals surface area contributed by atoms with Crippen LogP contribution in [0.3, 0.4) is 0 Å². The SMILES string of the molecule is COc1cc(=O)[nH]c(S[C@@H](C)C(=O)Nc2ccc(S(N)(=O)=O)cc2)n1. The number of sulfonamides is 1. The quantitative estimate of drug-likeness (QED) is 0.487. The van der Waals surface area contributed by atoms with Gasteiger partial charge in [-0.1, -0.05) is 11.8 Å². The third-order valence-corrected chi connectivity index (χ3v) is 4.93. The van der Waals surface area contributed by atoms with Gasteiger partial charge in [0.1, 0.15) is 0 Å². The van der Waals surface area contributed by atoms with Gasteiger partial charge in [-0.25, -0.2) is 13.6 Å². The van der Waals surface area contributed by atoms with E-state index in [0.717, 1.165) is 11.8 Å². The van der Waals surface area contributed by atoms with E-state index in [1.165, 1.54) is 37.4 Å². The van der Waals surface area contributed by atoms with Crippen molar-refractivity contribution in [1.82, 2.24) is 9.97 Å². The number of nitrogens with two attached hydrogens (primary N) is 1. The number of ether oxygens (including phenoxy) is 1. The number of primary sulfonamides is 1. The number of amides is 1. The van der Waals surface area contributed by atoms with Crippen molar-refractivity contribution in [3.63, 3.8) is 0 Å². The summed E-state index contributed by atoms with van der Waals surface area (Å²) in [5.41, 5.74) is 0.0254. The second-order valence-corrected chi connectivity index (χ2v) is 7.80. The largest absolute Gasteiger partial charge is 0.481 e. The highest BCUT2D eigenvalue weighted by atomic mass is 32.2. The number of thioether (sulfide) groups is 1. The van der Waals surface area contributed by atoms with Gasteiger partial charge < -0.3 is 15.0 Å². The molecule has 0 spiro atoms. The molecule has 0 fully saturated rings. The second kappa shape index (κ2) is 7.68. The number of rotatable bonds is 6. The molecule has 0 unspecified atom stereocenters. The first-order chi connectivity index (χ1) is 11.7. The van der Waals surface area contributed by atoms with Gasteiger partial charge in [-0.15, -0.1) is 0 Å². The highest BCUT2D eigenvalue weighted by molar-refractivity contribution is 8.00. The number of hydrogen-bond donors (Lipinski definition) is 3. The zero-order valence-corrected chi connectivity index (χ0v) is 15.0. The van der Waals surface area contributed by atoms with Crippen LogP contribution in [-0.2, 0) is 14.8 Å². The van der Waals surface area contributed by atoms with E-state index in [1.54, 1.807) is 6.92 Å². The normalized spacial score (nSPS) is 12.4. The van der Waals surface area contributed by atoms with Crippen molar-refractivity contribution in [2.45, 2.75) is 22.2 Å². The molecule has 0 radical (unpaired) electrons. The first-order valence-corrected chi connectivity index (χ1v) is 9.37. The van der Waals surface area contributed by atoms with Crippen molar-refractivity contribution in [1.29, 1.82) is 0 Å². The van der Waals surface area contributed by atoms with Crippen LogP contribution in [0.2, 0.25) is 0 Å². The highest BCUT2D eigenvalue weighted by Gasteiger charge is 2.17. The molecule has 0 saturated carbocycles. The number of hydrogen-bond acceptors (Lipinski definition) is 7. The minimum Gasteiger partial charge on any atom is -0.481 e. The Bertz CT molecular complexity index is 925. The maximum Gasteiger partial charge on any atom is 0.255 e. The van der Waals surface area contributed by atoms with Crippen LogP contribution in [0.25, 0.3) is 0 Å². The lowest BCUT2D eigenvalue weighted by molar-refractivity contribution is -0.115. The van der Waals surface area contributed by atoms with Crippen molar-refractivity contribution >= 4 is 33.4 Å². The molecule has 1 amide bonds. The molecular formula is C14H16N4O5S2. The van der Waals surface area contributed by atoms with Gasteiger partial charge in [0.25, 0.3) is 5.56 Å². The van der Waals surface area contributed by atoms with Gasteiger partial charge in [0, 0.05) is 5.69 Å². The van der Waals surface area contributed by atoms with E-state index >= 15 is 0 Å². The fraction of sp³-hybridized carbons (Fsp3) is 0.214. The molecule has 1 aromatic heterocycles. The standard InChI is InChI=1S/C14H16N4O5S2/c1-8(24-14-17-11(19)7-12(18-14)23-2)13(20)16-9-3-5-10(6-4-9)25(15,21)22/h3-8H,1-2H3,(H,16,20)(H2,15,21,22)(H,17,18,19)/t8-/m0/s1. The van der Waals surface area contributed by atoms with E-state index in [9.17, 15) is 18.0 Å². The predicted molar refractivity (Wildman–Crippen MR) is 93.2 cm³/mol. The summed E-state index contributed by atoms with van der Waals surface area (Å²) in [6.45, 7) is 1.64. The smallest absolute Gasteiger partial charge is 0.255 e. The molecule has 2 rings (SSSR count). The van der Waals surface area contributed by atoms with Crippen LogP contribution in [-0.4, -0.2) is 36.7 Å². The van der Waals surface area contributed by atoms with Gasteiger partial charge in [-0.3, -0.25) is 9.59 Å². The summed E-state index contributed by atoms with van der Waals surface area (Å²) in [6, 6.07) is 6.65. The Labute approximate surface area is 148 Å². The number of benzene rings is 1. The number of methoxy groups -OCH3 is 1. The van der Waals surface area contributed by atoms with Gasteiger partial charge in [-0.05, 0) is 31.2 Å². The van der Waals surface area contributed by atoms with Gasteiger partial charge in [-0.2, -0.15) is 4.98 Å². The summed E-state index contributed by atoms with van der Waals surface area (Å²) < 4.78 is 27.3. The van der Waals surface area contributed by atoms with E-state index < -0.39 is 15.3 Å². The molecule has 11 heteroatoms. The van der Waals surface area contributed by atoms with Gasteiger partial charge in [0.15, 0.2) is 5.16 Å². The molecule has 0 aliphatic heterocycles. The predicted octanol–water partition coefficient (Wildman–Crippen LogP) is 0.545. The lowest BCUT2D eigenvalue weighted by Gasteiger charge is -2.12. The first-order valence-electron chi connectivity index (χ1n) is 6.95. The molecule has 0 saturated heterocycles. The average molecular weight is 384 g/mol. The van der Waals surface area contributed by atoms with Crippen LogP contribution >= 0.6 is 11.8 Å². The van der Waals surface area contributed by atoms with Crippen molar-refractivity contribution in [2.75, 3.05) is 12.4 Å². The second-order valence-electron chi connectivity index (χ2n) is 4.91. The van der Waals surface area contributed by atoms with Gasteiger partial charge in [0.05, 0.1) is 23.3 Å². The molecule has 25 heavy (non-hydrogen) atoms. The maximum absolute atomic E-state index is 12.2. The third-order valence-electron chi connectivity index (χ3n) is 3.01. The van der Waals surface area contributed by atoms with Crippen LogP contribution in [0, 0.1) is 0 Å². The molecule has 2 aromatic rings. The summed E-state index contributed by atoms with van der Waals surface area (Å²) >= 11 is 1.05. The van der Waals surface area contributed by atoms with E-state index in [1.807, 2.05) is 0 Å². The van der Waals surface area contributed by atoms with E-state index in [2.05, 4.69) is 15.3 Å². The van der Waals surface area contributed by atoms with E-state index in [-0.39, 0.29) is 27.4 Å². The molecule has 0 aliphatic rings. The Balaban J connectivity index is 2.05. The lowest BCUT2D eigenvalue weighted by atomic mass is 10.3. The Morgan fingerprint density at radius 3 is 2.56 bits per heavy atom. The molecular weight excluding hydrogens is 368 g/mol. The minimum absolute atomic E-state index is 0.0499. The van der Waals surface area contributed by atoms with Crippen LogP contribution in [0.15, 0.2) is 45.2 Å². The summed E-state index contributed by atoms with van der Waals surface area (Å²) in [4.78, 5) is 30.2. The minimum atomic E-state index is -3.79.